The van der Waals surface area contributed by atoms with Crippen LogP contribution >= 0.6 is 0 Å². The smallest absolute Gasteiger partial charge is 0.296 e. The average Bonchev–Trinajstić information content (AvgIpc) is 2.82. The zero-order valence-electron chi connectivity index (χ0n) is 15.5. The zero-order chi connectivity index (χ0) is 18.6. The number of rotatable bonds is 6. The molecule has 0 spiro atoms. The Morgan fingerprint density at radius 1 is 1.08 bits per heavy atom. The lowest BCUT2D eigenvalue weighted by atomic mass is 10.0. The van der Waals surface area contributed by atoms with Crippen molar-refractivity contribution in [3.05, 3.63) is 47.2 Å². The van der Waals surface area contributed by atoms with Crippen molar-refractivity contribution in [1.29, 1.82) is 0 Å². The van der Waals surface area contributed by atoms with Crippen molar-refractivity contribution < 1.29 is 17.0 Å². The van der Waals surface area contributed by atoms with Crippen LogP contribution in [0.5, 0.6) is 0 Å². The number of aryl methyl sites for hydroxylation is 2. The lowest BCUT2D eigenvalue weighted by molar-refractivity contribution is 0.320. The van der Waals surface area contributed by atoms with Gasteiger partial charge in [-0.25, -0.2) is 4.98 Å². The van der Waals surface area contributed by atoms with E-state index in [0.29, 0.717) is 12.3 Å². The second-order valence-corrected chi connectivity index (χ2v) is 8.70. The molecule has 1 aliphatic rings. The first-order chi connectivity index (χ1) is 12.5. The highest BCUT2D eigenvalue weighted by molar-refractivity contribution is 7.86. The Kier molecular flexibility index (Phi) is 6.14. The van der Waals surface area contributed by atoms with E-state index in [1.165, 1.54) is 25.7 Å². The molecule has 0 amide bonds. The van der Waals surface area contributed by atoms with Gasteiger partial charge in [0.25, 0.3) is 10.1 Å². The lowest BCUT2D eigenvalue weighted by Crippen LogP contribution is -2.10. The summed E-state index contributed by atoms with van der Waals surface area (Å²) in [4.78, 5) is 4.82. The first kappa shape index (κ1) is 19.1. The van der Waals surface area contributed by atoms with E-state index < -0.39 is 10.1 Å². The molecule has 0 N–H and O–H groups in total. The van der Waals surface area contributed by atoms with Crippen LogP contribution in [0.3, 0.4) is 0 Å². The fraction of sp³-hybridized carbons (Fsp3) is 0.550. The minimum atomic E-state index is -3.74. The monoisotopic (exact) mass is 377 g/mol. The predicted octanol–water partition coefficient (Wildman–Crippen LogP) is 4.68. The highest BCUT2D eigenvalue weighted by Gasteiger charge is 2.22. The first-order valence-electron chi connectivity index (χ1n) is 9.38. The third-order valence-corrected chi connectivity index (χ3v) is 6.33. The van der Waals surface area contributed by atoms with E-state index in [2.05, 4.69) is 4.98 Å². The van der Waals surface area contributed by atoms with Gasteiger partial charge >= 0.3 is 0 Å². The summed E-state index contributed by atoms with van der Waals surface area (Å²) in [6, 6.07) is 6.65. The van der Waals surface area contributed by atoms with Crippen LogP contribution in [0.25, 0.3) is 0 Å². The first-order valence-corrected chi connectivity index (χ1v) is 10.8. The van der Waals surface area contributed by atoms with Crippen LogP contribution < -0.4 is 0 Å². The summed E-state index contributed by atoms with van der Waals surface area (Å²) in [5, 5.41) is 0. The van der Waals surface area contributed by atoms with Crippen molar-refractivity contribution in [1.82, 2.24) is 4.98 Å². The molecule has 3 rings (SSSR count). The van der Waals surface area contributed by atoms with Crippen molar-refractivity contribution in [3.8, 4) is 0 Å². The summed E-state index contributed by atoms with van der Waals surface area (Å²) in [6.45, 7) is 3.86. The molecule has 0 unspecified atom stereocenters. The van der Waals surface area contributed by atoms with E-state index in [-0.39, 0.29) is 11.5 Å². The van der Waals surface area contributed by atoms with E-state index in [1.807, 2.05) is 13.8 Å². The largest absolute Gasteiger partial charge is 0.445 e. The number of hydrogen-bond acceptors (Lipinski definition) is 5. The predicted molar refractivity (Wildman–Crippen MR) is 99.7 cm³/mol. The number of benzene rings is 1. The Morgan fingerprint density at radius 2 is 1.73 bits per heavy atom. The molecule has 0 saturated heterocycles. The van der Waals surface area contributed by atoms with Crippen LogP contribution in [-0.2, 0) is 20.7 Å². The molecule has 1 saturated carbocycles. The SMILES string of the molecule is Cc1ccc(S(=O)(=O)OCCc2nc(C3CCCCCC3)oc2C)cc1. The van der Waals surface area contributed by atoms with Crippen molar-refractivity contribution in [2.24, 2.45) is 0 Å². The lowest BCUT2D eigenvalue weighted by Gasteiger charge is -2.08. The molecule has 0 bridgehead atoms. The van der Waals surface area contributed by atoms with Crippen LogP contribution in [0, 0.1) is 13.8 Å². The maximum Gasteiger partial charge on any atom is 0.296 e. The second kappa shape index (κ2) is 8.35. The molecule has 1 fully saturated rings. The highest BCUT2D eigenvalue weighted by atomic mass is 32.2. The van der Waals surface area contributed by atoms with Gasteiger partial charge in [-0.1, -0.05) is 43.4 Å². The summed E-state index contributed by atoms with van der Waals surface area (Å²) in [7, 11) is -3.74. The van der Waals surface area contributed by atoms with Gasteiger partial charge in [0.1, 0.15) is 5.76 Å². The quantitative estimate of drug-likeness (QED) is 0.540. The summed E-state index contributed by atoms with van der Waals surface area (Å²) in [5.74, 6) is 1.96. The van der Waals surface area contributed by atoms with Gasteiger partial charge in [0.2, 0.25) is 0 Å². The van der Waals surface area contributed by atoms with Gasteiger partial charge in [-0.3, -0.25) is 4.18 Å². The van der Waals surface area contributed by atoms with E-state index in [0.717, 1.165) is 35.7 Å². The van der Waals surface area contributed by atoms with Crippen LogP contribution in [0.15, 0.2) is 33.6 Å². The van der Waals surface area contributed by atoms with Crippen LogP contribution in [0.1, 0.15) is 67.4 Å². The van der Waals surface area contributed by atoms with E-state index >= 15 is 0 Å². The fourth-order valence-electron chi connectivity index (χ4n) is 3.40. The van der Waals surface area contributed by atoms with Gasteiger partial charge in [-0.2, -0.15) is 8.42 Å². The molecular weight excluding hydrogens is 350 g/mol. The molecule has 26 heavy (non-hydrogen) atoms. The van der Waals surface area contributed by atoms with Crippen molar-refractivity contribution in [2.75, 3.05) is 6.61 Å². The minimum absolute atomic E-state index is 0.0632. The Hall–Kier alpha value is -1.66. The van der Waals surface area contributed by atoms with Crippen molar-refractivity contribution in [2.45, 2.75) is 69.6 Å². The van der Waals surface area contributed by atoms with Crippen LogP contribution in [0.4, 0.5) is 0 Å². The number of aromatic nitrogens is 1. The number of oxazole rings is 1. The second-order valence-electron chi connectivity index (χ2n) is 7.08. The molecule has 5 nitrogen and oxygen atoms in total. The summed E-state index contributed by atoms with van der Waals surface area (Å²) in [6.07, 6.45) is 7.68. The van der Waals surface area contributed by atoms with Crippen molar-refractivity contribution in [3.63, 3.8) is 0 Å². The molecule has 0 radical (unpaired) electrons. The molecule has 2 aromatic rings. The molecule has 1 heterocycles. The third-order valence-electron chi connectivity index (χ3n) is 5.00. The van der Waals surface area contributed by atoms with Crippen LogP contribution in [0.2, 0.25) is 0 Å². The zero-order valence-corrected chi connectivity index (χ0v) is 16.3. The summed E-state index contributed by atoms with van der Waals surface area (Å²) in [5.41, 5.74) is 1.80. The minimum Gasteiger partial charge on any atom is -0.445 e. The average molecular weight is 378 g/mol. The molecule has 0 aliphatic heterocycles. The van der Waals surface area contributed by atoms with Gasteiger partial charge in [0, 0.05) is 12.3 Å². The molecular formula is C20H27NO4S. The van der Waals surface area contributed by atoms with Crippen molar-refractivity contribution >= 4 is 10.1 Å². The van der Waals surface area contributed by atoms with Gasteiger partial charge in [-0.15, -0.1) is 0 Å². The van der Waals surface area contributed by atoms with Crippen LogP contribution in [-0.4, -0.2) is 20.0 Å². The maximum atomic E-state index is 12.2. The summed E-state index contributed by atoms with van der Waals surface area (Å²) < 4.78 is 35.5. The Morgan fingerprint density at radius 3 is 2.38 bits per heavy atom. The normalized spacial score (nSPS) is 16.5. The molecule has 6 heteroatoms. The van der Waals surface area contributed by atoms with Gasteiger partial charge in [0.05, 0.1) is 17.2 Å². The van der Waals surface area contributed by atoms with Gasteiger partial charge in [0.15, 0.2) is 5.89 Å². The molecule has 1 aliphatic carbocycles. The number of nitrogens with zero attached hydrogens (tertiary/aromatic N) is 1. The number of hydrogen-bond donors (Lipinski definition) is 0. The molecule has 1 aromatic carbocycles. The summed E-state index contributed by atoms with van der Waals surface area (Å²) >= 11 is 0. The maximum absolute atomic E-state index is 12.2. The third kappa shape index (κ3) is 4.74. The molecule has 1 aromatic heterocycles. The van der Waals surface area contributed by atoms with E-state index in [4.69, 9.17) is 8.60 Å². The standard InChI is InChI=1S/C20H27NO4S/c1-15-9-11-18(12-10-15)26(22,23)24-14-13-19-16(2)25-20(21-19)17-7-5-3-4-6-8-17/h9-12,17H,3-8,13-14H2,1-2H3. The van der Waals surface area contributed by atoms with E-state index in [9.17, 15) is 8.42 Å². The molecule has 142 valence electrons. The topological polar surface area (TPSA) is 69.4 Å². The Labute approximate surface area is 155 Å². The highest BCUT2D eigenvalue weighted by Crippen LogP contribution is 2.32. The molecule has 0 atom stereocenters. The van der Waals surface area contributed by atoms with E-state index in [1.54, 1.807) is 24.3 Å². The van der Waals surface area contributed by atoms with Gasteiger partial charge < -0.3 is 4.42 Å². The Balaban J connectivity index is 1.60. The Bertz CT molecular complexity index is 816. The van der Waals surface area contributed by atoms with Gasteiger partial charge in [-0.05, 0) is 38.8 Å². The fourth-order valence-corrected chi connectivity index (χ4v) is 4.31.